The highest BCUT2D eigenvalue weighted by Gasteiger charge is 2.23. The number of anilines is 1. The maximum atomic E-state index is 12.9. The van der Waals surface area contributed by atoms with Gasteiger partial charge >= 0.3 is 5.97 Å². The Labute approximate surface area is 202 Å². The monoisotopic (exact) mass is 473 g/mol. The highest BCUT2D eigenvalue weighted by atomic mass is 35.5. The minimum atomic E-state index is -0.977. The first-order valence-corrected chi connectivity index (χ1v) is 11.8. The Morgan fingerprint density at radius 3 is 2.50 bits per heavy atom. The van der Waals surface area contributed by atoms with Gasteiger partial charge in [0.2, 0.25) is 0 Å². The van der Waals surface area contributed by atoms with Crippen molar-refractivity contribution in [3.8, 4) is 11.4 Å². The van der Waals surface area contributed by atoms with Gasteiger partial charge in [-0.05, 0) is 61.4 Å². The molecule has 1 aromatic heterocycles. The van der Waals surface area contributed by atoms with Gasteiger partial charge in [-0.15, -0.1) is 0 Å². The molecule has 172 valence electrons. The van der Waals surface area contributed by atoms with Crippen molar-refractivity contribution in [2.45, 2.75) is 38.1 Å². The lowest BCUT2D eigenvalue weighted by Crippen LogP contribution is -2.14. The second-order valence-electron chi connectivity index (χ2n) is 8.65. The molecule has 0 saturated heterocycles. The Morgan fingerprint density at radius 1 is 0.941 bits per heavy atom. The van der Waals surface area contributed by atoms with Crippen LogP contribution in [0.1, 0.15) is 58.9 Å². The van der Waals surface area contributed by atoms with Gasteiger partial charge in [-0.3, -0.25) is 4.79 Å². The molecule has 1 aliphatic rings. The van der Waals surface area contributed by atoms with Crippen LogP contribution in [0.15, 0.2) is 66.7 Å². The Morgan fingerprint density at radius 2 is 1.74 bits per heavy atom. The molecule has 0 unspecified atom stereocenters. The van der Waals surface area contributed by atoms with Gasteiger partial charge in [-0.25, -0.2) is 9.78 Å². The second-order valence-corrected chi connectivity index (χ2v) is 9.09. The molecule has 4 aromatic rings. The number of rotatable bonds is 5. The molecule has 5 rings (SSSR count). The molecule has 1 saturated carbocycles. The van der Waals surface area contributed by atoms with Crippen LogP contribution in [0.5, 0.6) is 0 Å². The largest absolute Gasteiger partial charge is 0.478 e. The van der Waals surface area contributed by atoms with Crippen molar-refractivity contribution < 1.29 is 14.7 Å². The molecule has 0 radical (unpaired) electrons. The fourth-order valence-corrected chi connectivity index (χ4v) is 4.90. The summed E-state index contributed by atoms with van der Waals surface area (Å²) in [6.07, 6.45) is 5.63. The normalized spacial score (nSPS) is 14.3. The number of halogens is 1. The SMILES string of the molecule is O=C(O)c1ccc2c(c1)nc(-c1cccc(C(=O)Nc3cccc(Cl)c3)c1)n2C1CCCCC1. The second kappa shape index (κ2) is 9.31. The Hall–Kier alpha value is -3.64. The molecule has 2 N–H and O–H groups in total. The van der Waals surface area contributed by atoms with Crippen molar-refractivity contribution in [1.29, 1.82) is 0 Å². The number of nitrogens with zero attached hydrogens (tertiary/aromatic N) is 2. The van der Waals surface area contributed by atoms with E-state index in [0.29, 0.717) is 21.8 Å². The third-order valence-corrected chi connectivity index (χ3v) is 6.58. The summed E-state index contributed by atoms with van der Waals surface area (Å²) in [5, 5.41) is 12.9. The van der Waals surface area contributed by atoms with E-state index in [1.807, 2.05) is 24.3 Å². The van der Waals surface area contributed by atoms with E-state index < -0.39 is 5.97 Å². The van der Waals surface area contributed by atoms with E-state index in [2.05, 4.69) is 9.88 Å². The van der Waals surface area contributed by atoms with E-state index in [1.54, 1.807) is 42.5 Å². The summed E-state index contributed by atoms with van der Waals surface area (Å²) in [6.45, 7) is 0. The molecular weight excluding hydrogens is 450 g/mol. The summed E-state index contributed by atoms with van der Waals surface area (Å²) in [6, 6.07) is 19.8. The number of benzene rings is 3. The van der Waals surface area contributed by atoms with E-state index in [9.17, 15) is 14.7 Å². The maximum Gasteiger partial charge on any atom is 0.335 e. The van der Waals surface area contributed by atoms with Crippen LogP contribution in [0.2, 0.25) is 5.02 Å². The number of carbonyl (C=O) groups is 2. The van der Waals surface area contributed by atoms with Crippen LogP contribution < -0.4 is 5.32 Å². The summed E-state index contributed by atoms with van der Waals surface area (Å²) < 4.78 is 2.23. The number of carboxylic acid groups (broad SMARTS) is 1. The van der Waals surface area contributed by atoms with E-state index >= 15 is 0 Å². The smallest absolute Gasteiger partial charge is 0.335 e. The van der Waals surface area contributed by atoms with Crippen LogP contribution in [0.4, 0.5) is 5.69 Å². The minimum absolute atomic E-state index is 0.210. The predicted molar refractivity (Wildman–Crippen MR) is 134 cm³/mol. The Balaban J connectivity index is 1.56. The van der Waals surface area contributed by atoms with Crippen LogP contribution in [-0.4, -0.2) is 26.5 Å². The van der Waals surface area contributed by atoms with Crippen molar-refractivity contribution in [1.82, 2.24) is 9.55 Å². The van der Waals surface area contributed by atoms with Crippen molar-refractivity contribution in [3.05, 3.63) is 82.9 Å². The Kier molecular flexibility index (Phi) is 6.07. The lowest BCUT2D eigenvalue weighted by Gasteiger charge is -2.25. The minimum Gasteiger partial charge on any atom is -0.478 e. The van der Waals surface area contributed by atoms with Gasteiger partial charge in [0, 0.05) is 27.9 Å². The number of aromatic nitrogens is 2. The van der Waals surface area contributed by atoms with Crippen molar-refractivity contribution in [3.63, 3.8) is 0 Å². The average Bonchev–Trinajstić information content (AvgIpc) is 3.23. The van der Waals surface area contributed by atoms with E-state index in [1.165, 1.54) is 6.42 Å². The first-order chi connectivity index (χ1) is 16.5. The van der Waals surface area contributed by atoms with Gasteiger partial charge in [0.05, 0.1) is 16.6 Å². The van der Waals surface area contributed by atoms with Crippen LogP contribution in [0.3, 0.4) is 0 Å². The number of imidazole rings is 1. The van der Waals surface area contributed by atoms with Crippen LogP contribution in [-0.2, 0) is 0 Å². The third-order valence-electron chi connectivity index (χ3n) is 6.34. The number of nitrogens with one attached hydrogen (secondary N) is 1. The molecule has 34 heavy (non-hydrogen) atoms. The summed E-state index contributed by atoms with van der Waals surface area (Å²) in [5.41, 5.74) is 3.72. The van der Waals surface area contributed by atoms with Gasteiger partial charge in [-0.1, -0.05) is 49.1 Å². The van der Waals surface area contributed by atoms with Crippen LogP contribution >= 0.6 is 11.6 Å². The Bertz CT molecular complexity index is 1390. The molecule has 0 aliphatic heterocycles. The highest BCUT2D eigenvalue weighted by Crippen LogP contribution is 2.36. The first-order valence-electron chi connectivity index (χ1n) is 11.4. The van der Waals surface area contributed by atoms with Crippen molar-refractivity contribution in [2.75, 3.05) is 5.32 Å². The molecule has 3 aromatic carbocycles. The molecule has 6 nitrogen and oxygen atoms in total. The standard InChI is InChI=1S/C27H24ClN3O3/c28-20-8-5-9-21(16-20)29-26(32)18-7-4-6-17(14-18)25-30-23-15-19(27(33)34)12-13-24(23)31(25)22-10-2-1-3-11-22/h4-9,12-16,22H,1-3,10-11H2,(H,29,32)(H,33,34). The molecule has 1 aliphatic carbocycles. The summed E-state index contributed by atoms with van der Waals surface area (Å²) in [5.74, 6) is -0.463. The van der Waals surface area contributed by atoms with Crippen LogP contribution in [0.25, 0.3) is 22.4 Å². The molecular formula is C27H24ClN3O3. The third kappa shape index (κ3) is 4.41. The number of fused-ring (bicyclic) bond motifs is 1. The number of carboxylic acids is 1. The maximum absolute atomic E-state index is 12.9. The zero-order valence-electron chi connectivity index (χ0n) is 18.5. The van der Waals surface area contributed by atoms with E-state index in [4.69, 9.17) is 16.6 Å². The van der Waals surface area contributed by atoms with E-state index in [0.717, 1.165) is 42.6 Å². The zero-order chi connectivity index (χ0) is 23.7. The molecule has 1 amide bonds. The molecule has 1 heterocycles. The van der Waals surface area contributed by atoms with Gasteiger partial charge in [0.25, 0.3) is 5.91 Å². The van der Waals surface area contributed by atoms with Gasteiger partial charge in [0.15, 0.2) is 0 Å². The number of amides is 1. The molecule has 0 bridgehead atoms. The fourth-order valence-electron chi connectivity index (χ4n) is 4.71. The van der Waals surface area contributed by atoms with Gasteiger partial charge in [-0.2, -0.15) is 0 Å². The lowest BCUT2D eigenvalue weighted by atomic mass is 9.94. The zero-order valence-corrected chi connectivity index (χ0v) is 19.3. The molecule has 0 spiro atoms. The average molecular weight is 474 g/mol. The number of hydrogen-bond acceptors (Lipinski definition) is 3. The van der Waals surface area contributed by atoms with Gasteiger partial charge in [0.1, 0.15) is 5.82 Å². The number of carbonyl (C=O) groups excluding carboxylic acids is 1. The van der Waals surface area contributed by atoms with Crippen LogP contribution in [0, 0.1) is 0 Å². The molecule has 0 atom stereocenters. The fraction of sp³-hybridized carbons (Fsp3) is 0.222. The quantitative estimate of drug-likeness (QED) is 0.333. The predicted octanol–water partition coefficient (Wildman–Crippen LogP) is 6.81. The number of aromatic carboxylic acids is 1. The lowest BCUT2D eigenvalue weighted by molar-refractivity contribution is 0.0696. The number of hydrogen-bond donors (Lipinski definition) is 2. The summed E-state index contributed by atoms with van der Waals surface area (Å²) >= 11 is 6.04. The van der Waals surface area contributed by atoms with Crippen molar-refractivity contribution in [2.24, 2.45) is 0 Å². The first kappa shape index (κ1) is 22.2. The molecule has 7 heteroatoms. The molecule has 1 fully saturated rings. The highest BCUT2D eigenvalue weighted by molar-refractivity contribution is 6.31. The topological polar surface area (TPSA) is 84.2 Å². The van der Waals surface area contributed by atoms with E-state index in [-0.39, 0.29) is 17.5 Å². The summed E-state index contributed by atoms with van der Waals surface area (Å²) in [4.78, 5) is 29.3. The van der Waals surface area contributed by atoms with Gasteiger partial charge < -0.3 is 15.0 Å². The van der Waals surface area contributed by atoms with Crippen molar-refractivity contribution >= 4 is 40.2 Å². The summed E-state index contributed by atoms with van der Waals surface area (Å²) in [7, 11) is 0.